The maximum absolute atomic E-state index is 5.42. The third kappa shape index (κ3) is 2.52. The molecular formula is C17H16BrN3O. The first-order chi connectivity index (χ1) is 10.6. The second-order valence-corrected chi connectivity index (χ2v) is 5.92. The molecule has 0 bridgehead atoms. The summed E-state index contributed by atoms with van der Waals surface area (Å²) in [5.41, 5.74) is 5.83. The van der Waals surface area contributed by atoms with Gasteiger partial charge in [0.05, 0.1) is 22.8 Å². The van der Waals surface area contributed by atoms with Crippen molar-refractivity contribution >= 4 is 38.3 Å². The van der Waals surface area contributed by atoms with Crippen LogP contribution in [0.5, 0.6) is 5.75 Å². The molecular weight excluding hydrogens is 342 g/mol. The number of ether oxygens (including phenoxy) is 1. The lowest BCUT2D eigenvalue weighted by Crippen LogP contribution is -2.01. The first-order valence-electron chi connectivity index (χ1n) is 6.92. The summed E-state index contributed by atoms with van der Waals surface area (Å²) in [6, 6.07) is 7.85. The number of benzene rings is 1. The number of hydrogen-bond acceptors (Lipinski definition) is 4. The predicted octanol–water partition coefficient (Wildman–Crippen LogP) is 4.76. The summed E-state index contributed by atoms with van der Waals surface area (Å²) in [4.78, 5) is 8.84. The first-order valence-corrected chi connectivity index (χ1v) is 7.71. The van der Waals surface area contributed by atoms with E-state index in [2.05, 4.69) is 38.1 Å². The highest BCUT2D eigenvalue weighted by Gasteiger charge is 2.13. The first kappa shape index (κ1) is 14.8. The van der Waals surface area contributed by atoms with E-state index in [4.69, 9.17) is 4.74 Å². The van der Waals surface area contributed by atoms with Crippen molar-refractivity contribution in [2.45, 2.75) is 13.8 Å². The van der Waals surface area contributed by atoms with E-state index in [1.807, 2.05) is 31.2 Å². The second kappa shape index (κ2) is 5.93. The van der Waals surface area contributed by atoms with Crippen molar-refractivity contribution in [3.8, 4) is 5.75 Å². The Morgan fingerprint density at radius 1 is 1.09 bits per heavy atom. The fourth-order valence-corrected chi connectivity index (χ4v) is 2.87. The average Bonchev–Trinajstić information content (AvgIpc) is 2.53. The van der Waals surface area contributed by atoms with Crippen LogP contribution in [0.15, 0.2) is 41.1 Å². The molecule has 0 unspecified atom stereocenters. The Morgan fingerprint density at radius 2 is 1.91 bits per heavy atom. The van der Waals surface area contributed by atoms with Gasteiger partial charge in [-0.3, -0.25) is 9.97 Å². The molecule has 1 N–H and O–H groups in total. The van der Waals surface area contributed by atoms with Gasteiger partial charge in [-0.05, 0) is 53.5 Å². The molecule has 4 nitrogen and oxygen atoms in total. The third-order valence-electron chi connectivity index (χ3n) is 3.67. The quantitative estimate of drug-likeness (QED) is 0.733. The van der Waals surface area contributed by atoms with Crippen LogP contribution in [0.3, 0.4) is 0 Å². The summed E-state index contributed by atoms with van der Waals surface area (Å²) < 4.78 is 6.29. The van der Waals surface area contributed by atoms with Crippen LogP contribution in [-0.2, 0) is 0 Å². The number of nitrogens with one attached hydrogen (secondary N) is 1. The van der Waals surface area contributed by atoms with Crippen LogP contribution >= 0.6 is 15.9 Å². The molecule has 2 aromatic heterocycles. The fourth-order valence-electron chi connectivity index (χ4n) is 2.48. The Morgan fingerprint density at radius 3 is 2.68 bits per heavy atom. The van der Waals surface area contributed by atoms with Gasteiger partial charge in [0.25, 0.3) is 0 Å². The Bertz CT molecular complexity index is 849. The van der Waals surface area contributed by atoms with Crippen LogP contribution in [0.1, 0.15) is 11.1 Å². The van der Waals surface area contributed by atoms with Crippen molar-refractivity contribution in [2.24, 2.45) is 0 Å². The molecule has 0 radical (unpaired) electrons. The van der Waals surface area contributed by atoms with Gasteiger partial charge < -0.3 is 10.1 Å². The van der Waals surface area contributed by atoms with Crippen molar-refractivity contribution in [3.63, 3.8) is 0 Å². The number of methoxy groups -OCH3 is 1. The molecule has 0 aliphatic rings. The minimum Gasteiger partial charge on any atom is -0.496 e. The van der Waals surface area contributed by atoms with Crippen LogP contribution in [-0.4, -0.2) is 17.1 Å². The predicted molar refractivity (Wildman–Crippen MR) is 93.0 cm³/mol. The number of hydrogen-bond donors (Lipinski definition) is 1. The summed E-state index contributed by atoms with van der Waals surface area (Å²) >= 11 is 3.56. The van der Waals surface area contributed by atoms with Gasteiger partial charge >= 0.3 is 0 Å². The minimum absolute atomic E-state index is 0.832. The Balaban J connectivity index is 2.17. The zero-order valence-electron chi connectivity index (χ0n) is 12.6. The van der Waals surface area contributed by atoms with E-state index >= 15 is 0 Å². The number of aryl methyl sites for hydroxylation is 1. The van der Waals surface area contributed by atoms with Crippen LogP contribution < -0.4 is 10.1 Å². The second-order valence-electron chi connectivity index (χ2n) is 5.06. The highest BCUT2D eigenvalue weighted by molar-refractivity contribution is 9.10. The van der Waals surface area contributed by atoms with E-state index in [1.54, 1.807) is 19.5 Å². The van der Waals surface area contributed by atoms with Gasteiger partial charge in [-0.25, -0.2) is 0 Å². The van der Waals surface area contributed by atoms with E-state index in [9.17, 15) is 0 Å². The standard InChI is InChI=1S/C17H16BrN3O/c1-10-6-7-14(22-3)11(2)15(10)21-16-12(18)9-20-13-5-4-8-19-17(13)16/h4-9H,1-3H3,(H,20,21). The maximum Gasteiger partial charge on any atom is 0.123 e. The molecule has 0 aliphatic carbocycles. The topological polar surface area (TPSA) is 47.0 Å². The smallest absolute Gasteiger partial charge is 0.123 e. The normalized spacial score (nSPS) is 10.7. The minimum atomic E-state index is 0.832. The molecule has 1 aromatic carbocycles. The molecule has 3 rings (SSSR count). The zero-order valence-corrected chi connectivity index (χ0v) is 14.2. The van der Waals surface area contributed by atoms with Gasteiger partial charge in [0.15, 0.2) is 0 Å². The van der Waals surface area contributed by atoms with Crippen LogP contribution in [0.2, 0.25) is 0 Å². The van der Waals surface area contributed by atoms with Crippen molar-refractivity contribution in [2.75, 3.05) is 12.4 Å². The van der Waals surface area contributed by atoms with Crippen molar-refractivity contribution in [1.29, 1.82) is 0 Å². The Hall–Kier alpha value is -2.14. The summed E-state index contributed by atoms with van der Waals surface area (Å²) in [6.07, 6.45) is 3.56. The highest BCUT2D eigenvalue weighted by Crippen LogP contribution is 2.36. The Labute approximate surface area is 137 Å². The zero-order chi connectivity index (χ0) is 15.7. The van der Waals surface area contributed by atoms with Gasteiger partial charge in [-0.15, -0.1) is 0 Å². The van der Waals surface area contributed by atoms with Crippen LogP contribution in [0.4, 0.5) is 11.4 Å². The number of fused-ring (bicyclic) bond motifs is 1. The summed E-state index contributed by atoms with van der Waals surface area (Å²) in [5.74, 6) is 0.857. The van der Waals surface area contributed by atoms with E-state index < -0.39 is 0 Å². The molecule has 0 aliphatic heterocycles. The molecule has 0 atom stereocenters. The highest BCUT2D eigenvalue weighted by atomic mass is 79.9. The van der Waals surface area contributed by atoms with Gasteiger partial charge in [0.2, 0.25) is 0 Å². The monoisotopic (exact) mass is 357 g/mol. The van der Waals surface area contributed by atoms with Crippen LogP contribution in [0.25, 0.3) is 11.0 Å². The molecule has 2 heterocycles. The largest absolute Gasteiger partial charge is 0.496 e. The molecule has 0 amide bonds. The number of halogens is 1. The van der Waals surface area contributed by atoms with E-state index in [0.717, 1.165) is 43.8 Å². The maximum atomic E-state index is 5.42. The molecule has 0 saturated carbocycles. The van der Waals surface area contributed by atoms with Crippen LogP contribution in [0, 0.1) is 13.8 Å². The summed E-state index contributed by atoms with van der Waals surface area (Å²) in [6.45, 7) is 4.11. The molecule has 22 heavy (non-hydrogen) atoms. The lowest BCUT2D eigenvalue weighted by atomic mass is 10.1. The fraction of sp³-hybridized carbons (Fsp3) is 0.176. The summed E-state index contributed by atoms with van der Waals surface area (Å²) in [5, 5.41) is 3.50. The van der Waals surface area contributed by atoms with E-state index in [-0.39, 0.29) is 0 Å². The van der Waals surface area contributed by atoms with Gasteiger partial charge in [-0.2, -0.15) is 0 Å². The Kier molecular flexibility index (Phi) is 3.98. The summed E-state index contributed by atoms with van der Waals surface area (Å²) in [7, 11) is 1.68. The van der Waals surface area contributed by atoms with E-state index in [0.29, 0.717) is 0 Å². The molecule has 0 saturated heterocycles. The lowest BCUT2D eigenvalue weighted by molar-refractivity contribution is 0.412. The number of anilines is 2. The third-order valence-corrected chi connectivity index (χ3v) is 4.27. The van der Waals surface area contributed by atoms with Gasteiger partial charge in [0.1, 0.15) is 11.3 Å². The van der Waals surface area contributed by atoms with Crippen molar-refractivity contribution in [3.05, 3.63) is 52.3 Å². The molecule has 3 aromatic rings. The van der Waals surface area contributed by atoms with Crippen molar-refractivity contribution < 1.29 is 4.74 Å². The number of nitrogens with zero attached hydrogens (tertiary/aromatic N) is 2. The molecule has 5 heteroatoms. The lowest BCUT2D eigenvalue weighted by Gasteiger charge is -2.17. The van der Waals surface area contributed by atoms with Gasteiger partial charge in [-0.1, -0.05) is 6.07 Å². The molecule has 0 spiro atoms. The van der Waals surface area contributed by atoms with Gasteiger partial charge in [0, 0.05) is 23.6 Å². The van der Waals surface area contributed by atoms with E-state index in [1.165, 1.54) is 0 Å². The molecule has 0 fully saturated rings. The number of pyridine rings is 2. The molecule has 112 valence electrons. The average molecular weight is 358 g/mol. The van der Waals surface area contributed by atoms with Crippen molar-refractivity contribution in [1.82, 2.24) is 9.97 Å². The number of aromatic nitrogens is 2. The number of rotatable bonds is 3. The SMILES string of the molecule is COc1ccc(C)c(Nc2c(Br)cnc3cccnc23)c1C.